The van der Waals surface area contributed by atoms with Crippen molar-refractivity contribution >= 4 is 60.1 Å². The number of halogens is 3. The second kappa shape index (κ2) is 7.28. The quantitative estimate of drug-likeness (QED) is 0.407. The van der Waals surface area contributed by atoms with E-state index >= 15 is 0 Å². The zero-order valence-corrected chi connectivity index (χ0v) is 14.2. The van der Waals surface area contributed by atoms with Crippen LogP contribution >= 0.6 is 50.1 Å². The summed E-state index contributed by atoms with van der Waals surface area (Å²) in [4.78, 5) is 0.122. The van der Waals surface area contributed by atoms with E-state index in [0.717, 1.165) is 21.7 Å². The highest BCUT2D eigenvalue weighted by Crippen LogP contribution is 2.24. The van der Waals surface area contributed by atoms with E-state index in [1.165, 1.54) is 6.07 Å². The second-order valence-corrected chi connectivity index (χ2v) is 7.51. The minimum atomic E-state index is -3.49. The highest BCUT2D eigenvalue weighted by atomic mass is 127. The molecule has 7 heteroatoms. The summed E-state index contributed by atoms with van der Waals surface area (Å²) in [6, 6.07) is 4.72. The Hall–Kier alpha value is 0.630. The monoisotopic (exact) mass is 451 g/mol. The molecule has 0 heterocycles. The van der Waals surface area contributed by atoms with Gasteiger partial charge >= 0.3 is 0 Å². The van der Waals surface area contributed by atoms with Gasteiger partial charge in [-0.2, -0.15) is 0 Å². The lowest BCUT2D eigenvalue weighted by atomic mass is 10.3. The molecule has 0 radical (unpaired) electrons. The fraction of sp³-hybridized carbons (Fsp3) is 0.400. The minimum absolute atomic E-state index is 0.122. The molecule has 96 valence electrons. The van der Waals surface area contributed by atoms with Gasteiger partial charge in [-0.25, -0.2) is 13.1 Å². The predicted molar refractivity (Wildman–Crippen MR) is 82.5 cm³/mol. The third kappa shape index (κ3) is 5.02. The SMILES string of the molecule is O=S(=O)(NCCCCI)c1ccc(Br)cc1Cl. The van der Waals surface area contributed by atoms with Crippen LogP contribution in [0.25, 0.3) is 0 Å². The van der Waals surface area contributed by atoms with Crippen molar-refractivity contribution in [2.45, 2.75) is 17.7 Å². The Morgan fingerprint density at radius 2 is 2.06 bits per heavy atom. The van der Waals surface area contributed by atoms with Crippen molar-refractivity contribution in [3.63, 3.8) is 0 Å². The Balaban J connectivity index is 2.76. The molecule has 0 aliphatic heterocycles. The van der Waals surface area contributed by atoms with Gasteiger partial charge in [0, 0.05) is 11.0 Å². The fourth-order valence-corrected chi connectivity index (χ4v) is 3.85. The van der Waals surface area contributed by atoms with Gasteiger partial charge in [-0.3, -0.25) is 0 Å². The van der Waals surface area contributed by atoms with Crippen LogP contribution in [0.15, 0.2) is 27.6 Å². The van der Waals surface area contributed by atoms with E-state index in [1.54, 1.807) is 12.1 Å². The average Bonchev–Trinajstić information content (AvgIpc) is 2.24. The van der Waals surface area contributed by atoms with Crippen LogP contribution in [0.2, 0.25) is 5.02 Å². The lowest BCUT2D eigenvalue weighted by Gasteiger charge is -2.08. The lowest BCUT2D eigenvalue weighted by molar-refractivity contribution is 0.579. The summed E-state index contributed by atoms with van der Waals surface area (Å²) < 4.78 is 28.2. The van der Waals surface area contributed by atoms with Gasteiger partial charge in [-0.05, 0) is 35.5 Å². The van der Waals surface area contributed by atoms with Gasteiger partial charge in [0.15, 0.2) is 0 Å². The van der Waals surface area contributed by atoms with Crippen LogP contribution in [0, 0.1) is 0 Å². The molecule has 0 atom stereocenters. The normalized spacial score (nSPS) is 11.7. The van der Waals surface area contributed by atoms with E-state index in [1.807, 2.05) is 0 Å². The number of unbranched alkanes of at least 4 members (excludes halogenated alkanes) is 1. The summed E-state index contributed by atoms with van der Waals surface area (Å²) in [6.45, 7) is 0.442. The van der Waals surface area contributed by atoms with Crippen molar-refractivity contribution < 1.29 is 8.42 Å². The van der Waals surface area contributed by atoms with E-state index in [4.69, 9.17) is 11.6 Å². The molecule has 0 bridgehead atoms. The summed E-state index contributed by atoms with van der Waals surface area (Å²) >= 11 is 11.4. The van der Waals surface area contributed by atoms with Gasteiger partial charge in [-0.15, -0.1) is 0 Å². The van der Waals surface area contributed by atoms with Crippen LogP contribution in [0.5, 0.6) is 0 Å². The molecule has 0 aliphatic rings. The zero-order valence-electron chi connectivity index (χ0n) is 8.92. The smallest absolute Gasteiger partial charge is 0.211 e. The van der Waals surface area contributed by atoms with Gasteiger partial charge in [-0.1, -0.05) is 50.1 Å². The van der Waals surface area contributed by atoms with Gasteiger partial charge in [0.05, 0.1) is 5.02 Å². The molecule has 0 saturated carbocycles. The molecule has 0 fully saturated rings. The van der Waals surface area contributed by atoms with Crippen molar-refractivity contribution in [3.05, 3.63) is 27.7 Å². The first-order valence-electron chi connectivity index (χ1n) is 4.98. The number of alkyl halides is 1. The third-order valence-electron chi connectivity index (χ3n) is 2.04. The maximum absolute atomic E-state index is 11.9. The van der Waals surface area contributed by atoms with Crippen molar-refractivity contribution in [2.75, 3.05) is 11.0 Å². The summed E-state index contributed by atoms with van der Waals surface area (Å²) in [6.07, 6.45) is 1.83. The minimum Gasteiger partial charge on any atom is -0.211 e. The summed E-state index contributed by atoms with van der Waals surface area (Å²) in [5.74, 6) is 0. The van der Waals surface area contributed by atoms with Crippen LogP contribution in [0.3, 0.4) is 0 Å². The molecular formula is C10H12BrClINO2S. The van der Waals surface area contributed by atoms with Crippen LogP contribution in [-0.4, -0.2) is 19.4 Å². The van der Waals surface area contributed by atoms with Gasteiger partial charge < -0.3 is 0 Å². The van der Waals surface area contributed by atoms with E-state index in [2.05, 4.69) is 43.2 Å². The molecule has 1 aromatic rings. The largest absolute Gasteiger partial charge is 0.242 e. The van der Waals surface area contributed by atoms with Crippen LogP contribution in [0.4, 0.5) is 0 Å². The topological polar surface area (TPSA) is 46.2 Å². The Bertz CT molecular complexity index is 481. The maximum Gasteiger partial charge on any atom is 0.242 e. The first-order valence-corrected chi connectivity index (χ1v) is 9.16. The number of nitrogens with one attached hydrogen (secondary N) is 1. The molecule has 0 spiro atoms. The highest BCUT2D eigenvalue weighted by molar-refractivity contribution is 14.1. The average molecular weight is 453 g/mol. The molecule has 17 heavy (non-hydrogen) atoms. The lowest BCUT2D eigenvalue weighted by Crippen LogP contribution is -2.25. The Kier molecular flexibility index (Phi) is 6.71. The molecular weight excluding hydrogens is 440 g/mol. The van der Waals surface area contributed by atoms with E-state index in [-0.39, 0.29) is 9.92 Å². The van der Waals surface area contributed by atoms with E-state index in [0.29, 0.717) is 6.54 Å². The molecule has 0 aliphatic carbocycles. The molecule has 3 nitrogen and oxygen atoms in total. The maximum atomic E-state index is 11.9. The number of hydrogen-bond acceptors (Lipinski definition) is 2. The number of rotatable bonds is 6. The van der Waals surface area contributed by atoms with Crippen molar-refractivity contribution in [3.8, 4) is 0 Å². The van der Waals surface area contributed by atoms with E-state index in [9.17, 15) is 8.42 Å². The standard InChI is InChI=1S/C10H12BrClINO2S/c11-8-3-4-10(9(12)7-8)17(15,16)14-6-2-1-5-13/h3-4,7,14H,1-2,5-6H2. The molecule has 1 N–H and O–H groups in total. The highest BCUT2D eigenvalue weighted by Gasteiger charge is 2.17. The third-order valence-corrected chi connectivity index (χ3v) is 5.24. The first kappa shape index (κ1) is 15.7. The Morgan fingerprint density at radius 3 is 2.65 bits per heavy atom. The molecule has 0 amide bonds. The van der Waals surface area contributed by atoms with Gasteiger partial charge in [0.25, 0.3) is 0 Å². The van der Waals surface area contributed by atoms with Gasteiger partial charge in [0.1, 0.15) is 4.90 Å². The summed E-state index contributed by atoms with van der Waals surface area (Å²) in [5.41, 5.74) is 0. The molecule has 0 unspecified atom stereocenters. The predicted octanol–water partition coefficient (Wildman–Crippen LogP) is 3.60. The van der Waals surface area contributed by atoms with Crippen molar-refractivity contribution in [1.82, 2.24) is 4.72 Å². The van der Waals surface area contributed by atoms with E-state index < -0.39 is 10.0 Å². The number of hydrogen-bond donors (Lipinski definition) is 1. The molecule has 1 aromatic carbocycles. The van der Waals surface area contributed by atoms with Crippen LogP contribution < -0.4 is 4.72 Å². The Labute approximate surface area is 129 Å². The molecule has 0 aromatic heterocycles. The first-order chi connectivity index (χ1) is 7.97. The summed E-state index contributed by atoms with van der Waals surface area (Å²) in [7, 11) is -3.49. The molecule has 0 saturated heterocycles. The van der Waals surface area contributed by atoms with Crippen molar-refractivity contribution in [1.29, 1.82) is 0 Å². The van der Waals surface area contributed by atoms with Crippen molar-refractivity contribution in [2.24, 2.45) is 0 Å². The molecule has 1 rings (SSSR count). The number of sulfonamides is 1. The van der Waals surface area contributed by atoms with Crippen LogP contribution in [-0.2, 0) is 10.0 Å². The van der Waals surface area contributed by atoms with Crippen LogP contribution in [0.1, 0.15) is 12.8 Å². The van der Waals surface area contributed by atoms with Gasteiger partial charge in [0.2, 0.25) is 10.0 Å². The fourth-order valence-electron chi connectivity index (χ4n) is 1.20. The number of benzene rings is 1. The second-order valence-electron chi connectivity index (χ2n) is 3.37. The summed E-state index contributed by atoms with van der Waals surface area (Å²) in [5, 5.41) is 0.223. The Morgan fingerprint density at radius 1 is 1.35 bits per heavy atom. The zero-order chi connectivity index (χ0) is 12.9.